The topological polar surface area (TPSA) is 84.2 Å². The highest BCUT2D eigenvalue weighted by Crippen LogP contribution is 2.26. The molecule has 1 amide bonds. The Morgan fingerprint density at radius 2 is 1.80 bits per heavy atom. The molecule has 0 aromatic carbocycles. The fourth-order valence-corrected chi connectivity index (χ4v) is 2.78. The van der Waals surface area contributed by atoms with Crippen LogP contribution < -0.4 is 5.32 Å². The summed E-state index contributed by atoms with van der Waals surface area (Å²) < 4.78 is 38.6. The van der Waals surface area contributed by atoms with Gasteiger partial charge >= 0.3 is 12.1 Å². The number of aromatic nitrogens is 2. The summed E-state index contributed by atoms with van der Waals surface area (Å²) >= 11 is 0. The number of nitrogens with zero attached hydrogens (tertiary/aromatic N) is 2. The summed E-state index contributed by atoms with van der Waals surface area (Å²) in [5.41, 5.74) is 0.948. The summed E-state index contributed by atoms with van der Waals surface area (Å²) in [6.45, 7) is 6.95. The van der Waals surface area contributed by atoms with Crippen LogP contribution in [0, 0.1) is 19.8 Å². The monoisotopic (exact) mass is 363 g/mol. The Bertz CT molecular complexity index is 639. The average Bonchev–Trinajstić information content (AvgIpc) is 2.69. The second-order valence-corrected chi connectivity index (χ2v) is 6.61. The molecule has 1 aromatic rings. The van der Waals surface area contributed by atoms with Crippen molar-refractivity contribution in [2.24, 2.45) is 5.92 Å². The predicted molar refractivity (Wildman–Crippen MR) is 85.2 cm³/mol. The van der Waals surface area contributed by atoms with Crippen molar-refractivity contribution < 1.29 is 27.9 Å². The number of aliphatic carboxylic acids is 1. The number of carboxylic acid groups (broad SMARTS) is 1. The van der Waals surface area contributed by atoms with Crippen molar-refractivity contribution >= 4 is 11.9 Å². The molecule has 0 aliphatic heterocycles. The van der Waals surface area contributed by atoms with Crippen LogP contribution in [-0.2, 0) is 16.1 Å². The standard InChI is InChI=1S/C16H24F3N3O3/c1-8(2)6-12(15(24)25)20-14(23)9(3)13-10(4)21-22(11(13)5)7-16(17,18)19/h8-9,12H,6-7H2,1-5H3,(H,20,23)(H,24,25). The van der Waals surface area contributed by atoms with Crippen LogP contribution in [0.15, 0.2) is 0 Å². The smallest absolute Gasteiger partial charge is 0.408 e. The van der Waals surface area contributed by atoms with E-state index in [9.17, 15) is 27.9 Å². The fourth-order valence-electron chi connectivity index (χ4n) is 2.78. The van der Waals surface area contributed by atoms with Gasteiger partial charge in [-0.05, 0) is 33.1 Å². The molecule has 1 rings (SSSR count). The van der Waals surface area contributed by atoms with Gasteiger partial charge in [-0.1, -0.05) is 13.8 Å². The molecule has 142 valence electrons. The number of amides is 1. The number of hydrogen-bond donors (Lipinski definition) is 2. The third kappa shape index (κ3) is 5.75. The zero-order valence-electron chi connectivity index (χ0n) is 14.9. The highest BCUT2D eigenvalue weighted by Gasteiger charge is 2.32. The molecule has 6 nitrogen and oxygen atoms in total. The van der Waals surface area contributed by atoms with E-state index < -0.39 is 36.6 Å². The van der Waals surface area contributed by atoms with Crippen LogP contribution in [0.3, 0.4) is 0 Å². The number of carbonyl (C=O) groups excluding carboxylic acids is 1. The van der Waals surface area contributed by atoms with E-state index in [1.165, 1.54) is 20.8 Å². The number of rotatable bonds is 7. The van der Waals surface area contributed by atoms with Crippen LogP contribution in [0.2, 0.25) is 0 Å². The van der Waals surface area contributed by atoms with Gasteiger partial charge in [-0.25, -0.2) is 4.79 Å². The van der Waals surface area contributed by atoms with Gasteiger partial charge in [0.15, 0.2) is 0 Å². The fraction of sp³-hybridized carbons (Fsp3) is 0.688. The van der Waals surface area contributed by atoms with Gasteiger partial charge < -0.3 is 10.4 Å². The van der Waals surface area contributed by atoms with Crippen LogP contribution >= 0.6 is 0 Å². The Balaban J connectivity index is 3.00. The number of carboxylic acids is 1. The minimum atomic E-state index is -4.42. The highest BCUT2D eigenvalue weighted by atomic mass is 19.4. The molecule has 0 fully saturated rings. The van der Waals surface area contributed by atoms with Crippen molar-refractivity contribution in [3.63, 3.8) is 0 Å². The first kappa shape index (κ1) is 21.0. The number of hydrogen-bond acceptors (Lipinski definition) is 3. The van der Waals surface area contributed by atoms with Crippen LogP contribution in [0.1, 0.15) is 50.1 Å². The van der Waals surface area contributed by atoms with Crippen LogP contribution in [-0.4, -0.2) is 39.0 Å². The summed E-state index contributed by atoms with van der Waals surface area (Å²) in [5.74, 6) is -2.44. The summed E-state index contributed by atoms with van der Waals surface area (Å²) in [6.07, 6.45) is -4.16. The minimum absolute atomic E-state index is 0.0646. The van der Waals surface area contributed by atoms with Gasteiger partial charge in [-0.2, -0.15) is 18.3 Å². The van der Waals surface area contributed by atoms with E-state index in [0.29, 0.717) is 11.3 Å². The molecule has 0 saturated carbocycles. The van der Waals surface area contributed by atoms with Crippen molar-refractivity contribution in [1.29, 1.82) is 0 Å². The van der Waals surface area contributed by atoms with Gasteiger partial charge in [0.05, 0.1) is 11.6 Å². The number of alkyl halides is 3. The molecule has 9 heteroatoms. The first-order valence-electron chi connectivity index (χ1n) is 7.97. The maximum absolute atomic E-state index is 12.6. The maximum atomic E-state index is 12.6. The van der Waals surface area contributed by atoms with E-state index in [0.717, 1.165) is 4.68 Å². The van der Waals surface area contributed by atoms with Crippen molar-refractivity contribution in [2.45, 2.75) is 65.7 Å². The summed E-state index contributed by atoms with van der Waals surface area (Å²) in [6, 6.07) is -1.04. The van der Waals surface area contributed by atoms with Crippen molar-refractivity contribution in [2.75, 3.05) is 0 Å². The summed E-state index contributed by atoms with van der Waals surface area (Å²) in [4.78, 5) is 23.7. The van der Waals surface area contributed by atoms with E-state index >= 15 is 0 Å². The van der Waals surface area contributed by atoms with Crippen molar-refractivity contribution in [1.82, 2.24) is 15.1 Å². The molecule has 1 aromatic heterocycles. The molecule has 0 spiro atoms. The number of halogens is 3. The molecular formula is C16H24F3N3O3. The lowest BCUT2D eigenvalue weighted by atomic mass is 9.97. The Labute approximate surface area is 144 Å². The van der Waals surface area contributed by atoms with Gasteiger partial charge in [-0.3, -0.25) is 9.48 Å². The van der Waals surface area contributed by atoms with Crippen molar-refractivity contribution in [3.05, 3.63) is 17.0 Å². The largest absolute Gasteiger partial charge is 0.480 e. The van der Waals surface area contributed by atoms with Crippen molar-refractivity contribution in [3.8, 4) is 0 Å². The second-order valence-electron chi connectivity index (χ2n) is 6.61. The van der Waals surface area contributed by atoms with Gasteiger partial charge in [0, 0.05) is 11.3 Å². The average molecular weight is 363 g/mol. The summed E-state index contributed by atoms with van der Waals surface area (Å²) in [7, 11) is 0. The molecule has 2 N–H and O–H groups in total. The molecule has 1 heterocycles. The van der Waals surface area contributed by atoms with Crippen LogP contribution in [0.5, 0.6) is 0 Å². The number of nitrogens with one attached hydrogen (secondary N) is 1. The Kier molecular flexibility index (Phi) is 6.61. The molecule has 0 radical (unpaired) electrons. The normalized spacial score (nSPS) is 14.4. The maximum Gasteiger partial charge on any atom is 0.408 e. The quantitative estimate of drug-likeness (QED) is 0.780. The zero-order chi connectivity index (χ0) is 19.5. The Hall–Kier alpha value is -2.06. The van der Waals surface area contributed by atoms with E-state index in [-0.39, 0.29) is 18.0 Å². The lowest BCUT2D eigenvalue weighted by molar-refractivity contribution is -0.143. The first-order valence-corrected chi connectivity index (χ1v) is 7.97. The van der Waals surface area contributed by atoms with E-state index in [1.807, 2.05) is 13.8 Å². The highest BCUT2D eigenvalue weighted by molar-refractivity contribution is 5.88. The lowest BCUT2D eigenvalue weighted by Gasteiger charge is -2.19. The molecule has 0 aliphatic rings. The second kappa shape index (κ2) is 7.88. The molecule has 0 aliphatic carbocycles. The molecule has 25 heavy (non-hydrogen) atoms. The molecule has 2 atom stereocenters. The zero-order valence-corrected chi connectivity index (χ0v) is 14.9. The van der Waals surface area contributed by atoms with Gasteiger partial charge in [0.25, 0.3) is 0 Å². The van der Waals surface area contributed by atoms with E-state index in [1.54, 1.807) is 0 Å². The number of aryl methyl sites for hydroxylation is 1. The third-order valence-electron chi connectivity index (χ3n) is 3.91. The van der Waals surface area contributed by atoms with Crippen LogP contribution in [0.4, 0.5) is 13.2 Å². The van der Waals surface area contributed by atoms with Crippen LogP contribution in [0.25, 0.3) is 0 Å². The lowest BCUT2D eigenvalue weighted by Crippen LogP contribution is -2.43. The molecule has 0 bridgehead atoms. The summed E-state index contributed by atoms with van der Waals surface area (Å²) in [5, 5.41) is 15.5. The van der Waals surface area contributed by atoms with Gasteiger partial charge in [-0.15, -0.1) is 0 Å². The van der Waals surface area contributed by atoms with Gasteiger partial charge in [0.1, 0.15) is 12.6 Å². The van der Waals surface area contributed by atoms with E-state index in [4.69, 9.17) is 0 Å². The Morgan fingerprint density at radius 1 is 1.24 bits per heavy atom. The molecule has 2 unspecified atom stereocenters. The molecular weight excluding hydrogens is 339 g/mol. The van der Waals surface area contributed by atoms with E-state index in [2.05, 4.69) is 10.4 Å². The predicted octanol–water partition coefficient (Wildman–Crippen LogP) is 2.78. The number of carbonyl (C=O) groups is 2. The third-order valence-corrected chi connectivity index (χ3v) is 3.91. The Morgan fingerprint density at radius 3 is 2.24 bits per heavy atom. The minimum Gasteiger partial charge on any atom is -0.480 e. The van der Waals surface area contributed by atoms with Gasteiger partial charge in [0.2, 0.25) is 5.91 Å². The first-order chi connectivity index (χ1) is 11.3. The SMILES string of the molecule is Cc1nn(CC(F)(F)F)c(C)c1C(C)C(=O)NC(CC(C)C)C(=O)O. The molecule has 0 saturated heterocycles.